The molecule has 1 aliphatic rings. The van der Waals surface area contributed by atoms with Crippen LogP contribution in [-0.2, 0) is 9.59 Å². The van der Waals surface area contributed by atoms with Gasteiger partial charge in [0.15, 0.2) is 11.6 Å². The molecule has 0 aromatic rings. The number of aliphatic hydroxyl groups is 2. The van der Waals surface area contributed by atoms with Crippen LogP contribution in [0, 0.1) is 11.8 Å². The van der Waals surface area contributed by atoms with Crippen molar-refractivity contribution in [2.75, 3.05) is 39.3 Å². The van der Waals surface area contributed by atoms with E-state index in [-0.39, 0.29) is 23.4 Å². The molecule has 0 saturated carbocycles. The Morgan fingerprint density at radius 1 is 0.783 bits per heavy atom. The Morgan fingerprint density at radius 2 is 1.13 bits per heavy atom. The summed E-state index contributed by atoms with van der Waals surface area (Å²) in [7, 11) is 0. The second-order valence-electron chi connectivity index (χ2n) is 7.10. The van der Waals surface area contributed by atoms with Gasteiger partial charge in [0.2, 0.25) is 0 Å². The van der Waals surface area contributed by atoms with E-state index in [1.807, 2.05) is 0 Å². The van der Waals surface area contributed by atoms with Crippen molar-refractivity contribution >= 4 is 11.6 Å². The zero-order chi connectivity index (χ0) is 17.6. The molecule has 0 radical (unpaired) electrons. The van der Waals surface area contributed by atoms with Crippen molar-refractivity contribution in [1.82, 2.24) is 9.80 Å². The van der Waals surface area contributed by atoms with Gasteiger partial charge in [0.25, 0.3) is 0 Å². The van der Waals surface area contributed by atoms with Crippen molar-refractivity contribution in [2.45, 2.75) is 46.3 Å². The fourth-order valence-corrected chi connectivity index (χ4v) is 2.83. The van der Waals surface area contributed by atoms with E-state index in [0.717, 1.165) is 32.6 Å². The van der Waals surface area contributed by atoms with Gasteiger partial charge < -0.3 is 10.2 Å². The van der Waals surface area contributed by atoms with Crippen LogP contribution in [0.3, 0.4) is 0 Å². The maximum atomic E-state index is 11.8. The van der Waals surface area contributed by atoms with Gasteiger partial charge in [-0.1, -0.05) is 27.7 Å². The number of ketones is 2. The fourth-order valence-electron chi connectivity index (χ4n) is 2.83. The van der Waals surface area contributed by atoms with Crippen molar-refractivity contribution in [2.24, 2.45) is 11.8 Å². The van der Waals surface area contributed by atoms with Gasteiger partial charge in [0.1, 0.15) is 12.2 Å². The van der Waals surface area contributed by atoms with Crippen LogP contribution in [-0.4, -0.2) is 83.1 Å². The van der Waals surface area contributed by atoms with Gasteiger partial charge in [-0.05, 0) is 19.5 Å². The van der Waals surface area contributed by atoms with Crippen LogP contribution < -0.4 is 0 Å². The van der Waals surface area contributed by atoms with Gasteiger partial charge >= 0.3 is 0 Å². The van der Waals surface area contributed by atoms with E-state index >= 15 is 0 Å². The third kappa shape index (κ3) is 6.67. The standard InChI is InChI=1S/C17H32N2O4/c1-12(2)16(22)14(20)10-18-6-5-7-19(9-8-18)11-15(21)17(23)13(3)4/h12-15,20-21H,5-11H2,1-4H3. The fraction of sp³-hybridized carbons (Fsp3) is 0.882. The first-order valence-corrected chi connectivity index (χ1v) is 8.60. The summed E-state index contributed by atoms with van der Waals surface area (Å²) >= 11 is 0. The lowest BCUT2D eigenvalue weighted by molar-refractivity contribution is -0.131. The second kappa shape index (κ2) is 9.47. The summed E-state index contributed by atoms with van der Waals surface area (Å²) in [5.74, 6) is -0.565. The van der Waals surface area contributed by atoms with Gasteiger partial charge in [0, 0.05) is 38.0 Å². The van der Waals surface area contributed by atoms with Gasteiger partial charge in [-0.3, -0.25) is 19.4 Å². The highest BCUT2D eigenvalue weighted by atomic mass is 16.3. The molecule has 0 bridgehead atoms. The minimum absolute atomic E-state index is 0.121. The second-order valence-corrected chi connectivity index (χ2v) is 7.10. The van der Waals surface area contributed by atoms with Gasteiger partial charge in [-0.2, -0.15) is 0 Å². The highest BCUT2D eigenvalue weighted by molar-refractivity contribution is 5.85. The first-order chi connectivity index (χ1) is 10.7. The molecule has 0 aromatic carbocycles. The summed E-state index contributed by atoms with van der Waals surface area (Å²) in [6, 6.07) is 0. The maximum Gasteiger partial charge on any atom is 0.165 e. The largest absolute Gasteiger partial charge is 0.384 e. The lowest BCUT2D eigenvalue weighted by Gasteiger charge is -2.25. The van der Waals surface area contributed by atoms with E-state index < -0.39 is 12.2 Å². The van der Waals surface area contributed by atoms with E-state index in [9.17, 15) is 19.8 Å². The predicted molar refractivity (Wildman–Crippen MR) is 89.2 cm³/mol. The molecule has 0 amide bonds. The van der Waals surface area contributed by atoms with Crippen LogP contribution in [0.5, 0.6) is 0 Å². The van der Waals surface area contributed by atoms with E-state index in [4.69, 9.17) is 0 Å². The molecule has 6 heteroatoms. The Labute approximate surface area is 139 Å². The summed E-state index contributed by atoms with van der Waals surface area (Å²) < 4.78 is 0. The smallest absolute Gasteiger partial charge is 0.165 e. The summed E-state index contributed by atoms with van der Waals surface area (Å²) in [6.07, 6.45) is -0.977. The van der Waals surface area contributed by atoms with Gasteiger partial charge in [-0.15, -0.1) is 0 Å². The van der Waals surface area contributed by atoms with Gasteiger partial charge in [0.05, 0.1) is 0 Å². The highest BCUT2D eigenvalue weighted by Crippen LogP contribution is 2.09. The third-order valence-corrected chi connectivity index (χ3v) is 4.34. The van der Waals surface area contributed by atoms with Crippen molar-refractivity contribution in [3.05, 3.63) is 0 Å². The first-order valence-electron chi connectivity index (χ1n) is 8.60. The monoisotopic (exact) mass is 328 g/mol. The highest BCUT2D eigenvalue weighted by Gasteiger charge is 2.25. The number of nitrogens with zero attached hydrogens (tertiary/aromatic N) is 2. The molecule has 6 nitrogen and oxygen atoms in total. The third-order valence-electron chi connectivity index (χ3n) is 4.34. The number of aliphatic hydroxyl groups excluding tert-OH is 2. The van der Waals surface area contributed by atoms with Crippen LogP contribution in [0.25, 0.3) is 0 Å². The molecule has 0 spiro atoms. The molecular weight excluding hydrogens is 296 g/mol. The van der Waals surface area contributed by atoms with Crippen LogP contribution in [0.15, 0.2) is 0 Å². The number of β-amino-alcohol motifs (C(OH)–C–C–N with tert-alkyl or cyclic N) is 2. The van der Waals surface area contributed by atoms with Crippen LogP contribution >= 0.6 is 0 Å². The van der Waals surface area contributed by atoms with Crippen molar-refractivity contribution in [3.8, 4) is 0 Å². The minimum Gasteiger partial charge on any atom is -0.384 e. The number of hydrogen-bond donors (Lipinski definition) is 2. The van der Waals surface area contributed by atoms with E-state index in [0.29, 0.717) is 13.1 Å². The molecule has 1 rings (SSSR count). The number of rotatable bonds is 8. The number of hydrogen-bond acceptors (Lipinski definition) is 6. The Hall–Kier alpha value is -0.820. The molecular formula is C17H32N2O4. The van der Waals surface area contributed by atoms with Crippen LogP contribution in [0.1, 0.15) is 34.1 Å². The first kappa shape index (κ1) is 20.2. The normalized spacial score (nSPS) is 20.5. The van der Waals surface area contributed by atoms with Crippen LogP contribution in [0.2, 0.25) is 0 Å². The number of Topliss-reactive ketones (excluding diaryl/α,β-unsaturated/α-hetero) is 2. The Kier molecular flexibility index (Phi) is 8.33. The molecule has 1 fully saturated rings. The summed E-state index contributed by atoms with van der Waals surface area (Å²) in [6.45, 7) is 11.0. The summed E-state index contributed by atoms with van der Waals surface area (Å²) in [4.78, 5) is 27.8. The topological polar surface area (TPSA) is 81.1 Å². The molecule has 1 heterocycles. The summed E-state index contributed by atoms with van der Waals surface area (Å²) in [5.41, 5.74) is 0. The molecule has 2 atom stereocenters. The van der Waals surface area contributed by atoms with E-state index in [1.165, 1.54) is 0 Å². The molecule has 0 aromatic heterocycles. The Morgan fingerprint density at radius 3 is 1.43 bits per heavy atom. The number of carbonyl (C=O) groups excluding carboxylic acids is 2. The van der Waals surface area contributed by atoms with E-state index in [1.54, 1.807) is 27.7 Å². The molecule has 0 aliphatic carbocycles. The molecule has 23 heavy (non-hydrogen) atoms. The molecule has 1 aliphatic heterocycles. The van der Waals surface area contributed by atoms with Crippen molar-refractivity contribution in [1.29, 1.82) is 0 Å². The molecule has 2 unspecified atom stereocenters. The lowest BCUT2D eigenvalue weighted by Crippen LogP contribution is -2.42. The predicted octanol–water partition coefficient (Wildman–Crippen LogP) is 0.166. The average molecular weight is 328 g/mol. The average Bonchev–Trinajstić information content (AvgIpc) is 2.70. The Balaban J connectivity index is 2.44. The quantitative estimate of drug-likeness (QED) is 0.661. The Bertz CT molecular complexity index is 362. The molecule has 1 saturated heterocycles. The van der Waals surface area contributed by atoms with E-state index in [2.05, 4.69) is 9.80 Å². The van der Waals surface area contributed by atoms with Crippen molar-refractivity contribution in [3.63, 3.8) is 0 Å². The minimum atomic E-state index is -0.936. The molecule has 2 N–H and O–H groups in total. The van der Waals surface area contributed by atoms with Gasteiger partial charge in [-0.25, -0.2) is 0 Å². The summed E-state index contributed by atoms with van der Waals surface area (Å²) in [5, 5.41) is 20.0. The zero-order valence-corrected chi connectivity index (χ0v) is 14.9. The SMILES string of the molecule is CC(C)C(=O)C(O)CN1CCCN(CC(O)C(=O)C(C)C)CC1. The lowest BCUT2D eigenvalue weighted by atomic mass is 10.0. The maximum absolute atomic E-state index is 11.8. The number of carbonyl (C=O) groups is 2. The molecule has 134 valence electrons. The zero-order valence-electron chi connectivity index (χ0n) is 14.9. The van der Waals surface area contributed by atoms with Crippen molar-refractivity contribution < 1.29 is 19.8 Å². The van der Waals surface area contributed by atoms with Crippen LogP contribution in [0.4, 0.5) is 0 Å².